The minimum atomic E-state index is -3.10. The van der Waals surface area contributed by atoms with Gasteiger partial charge in [0.25, 0.3) is 0 Å². The molecular weight excluding hydrogens is 292 g/mol. The third kappa shape index (κ3) is 7.29. The van der Waals surface area contributed by atoms with Crippen molar-refractivity contribution in [3.05, 3.63) is 0 Å². The highest BCUT2D eigenvalue weighted by atomic mass is 32.2. The Bertz CT molecular complexity index is 347. The van der Waals surface area contributed by atoms with Crippen molar-refractivity contribution in [3.8, 4) is 0 Å². The van der Waals surface area contributed by atoms with Gasteiger partial charge in [0.05, 0.1) is 5.75 Å². The van der Waals surface area contributed by atoms with Crippen molar-refractivity contribution in [2.24, 2.45) is 0 Å². The number of hydrogen-bond acceptors (Lipinski definition) is 4. The van der Waals surface area contributed by atoms with Crippen LogP contribution in [0, 0.1) is 0 Å². The predicted octanol–water partition coefficient (Wildman–Crippen LogP) is 2.36. The fraction of sp³-hybridized carbons (Fsp3) is 1.00. The van der Waals surface area contributed by atoms with Crippen LogP contribution in [0.2, 0.25) is 0 Å². The van der Waals surface area contributed by atoms with Crippen molar-refractivity contribution in [2.75, 3.05) is 24.6 Å². The molecule has 0 heterocycles. The fourth-order valence-electron chi connectivity index (χ4n) is 2.61. The lowest BCUT2D eigenvalue weighted by Crippen LogP contribution is -2.40. The highest BCUT2D eigenvalue weighted by molar-refractivity contribution is 8.00. The van der Waals surface area contributed by atoms with E-state index in [4.69, 9.17) is 0 Å². The van der Waals surface area contributed by atoms with E-state index in [9.17, 15) is 8.42 Å². The van der Waals surface area contributed by atoms with Crippen molar-refractivity contribution in [1.82, 2.24) is 10.0 Å². The van der Waals surface area contributed by atoms with Crippen molar-refractivity contribution in [1.29, 1.82) is 0 Å². The SMILES string of the molecule is CCCNCCCCS(=O)(=O)NC1CCCC1SCC. The molecule has 0 aliphatic heterocycles. The number of rotatable bonds is 11. The second-order valence-electron chi connectivity index (χ2n) is 5.43. The first kappa shape index (κ1) is 18.3. The first-order chi connectivity index (χ1) is 9.59. The topological polar surface area (TPSA) is 58.2 Å². The van der Waals surface area contributed by atoms with Crippen molar-refractivity contribution >= 4 is 21.8 Å². The van der Waals surface area contributed by atoms with Crippen LogP contribution in [0.4, 0.5) is 0 Å². The summed E-state index contributed by atoms with van der Waals surface area (Å²) in [5.74, 6) is 1.33. The molecule has 1 fully saturated rings. The molecule has 0 bridgehead atoms. The molecule has 120 valence electrons. The van der Waals surface area contributed by atoms with E-state index >= 15 is 0 Å². The first-order valence-electron chi connectivity index (χ1n) is 7.91. The number of unbranched alkanes of at least 4 members (excludes halogenated alkanes) is 1. The van der Waals surface area contributed by atoms with Crippen LogP contribution in [0.3, 0.4) is 0 Å². The Morgan fingerprint density at radius 3 is 2.65 bits per heavy atom. The molecule has 0 aromatic carbocycles. The Balaban J connectivity index is 2.23. The van der Waals surface area contributed by atoms with Crippen LogP contribution in [0.15, 0.2) is 0 Å². The van der Waals surface area contributed by atoms with Gasteiger partial charge in [-0.15, -0.1) is 0 Å². The smallest absolute Gasteiger partial charge is 0.211 e. The maximum absolute atomic E-state index is 12.1. The molecule has 20 heavy (non-hydrogen) atoms. The molecule has 0 saturated heterocycles. The van der Waals surface area contributed by atoms with Gasteiger partial charge in [-0.3, -0.25) is 0 Å². The Morgan fingerprint density at radius 2 is 1.95 bits per heavy atom. The van der Waals surface area contributed by atoms with Crippen LogP contribution in [-0.4, -0.2) is 44.3 Å². The molecule has 0 aromatic rings. The Hall–Kier alpha value is 0.220. The first-order valence-corrected chi connectivity index (χ1v) is 10.6. The van der Waals surface area contributed by atoms with Gasteiger partial charge in [0, 0.05) is 11.3 Å². The largest absolute Gasteiger partial charge is 0.317 e. The number of thioether (sulfide) groups is 1. The monoisotopic (exact) mass is 322 g/mol. The number of nitrogens with one attached hydrogen (secondary N) is 2. The maximum Gasteiger partial charge on any atom is 0.211 e. The molecular formula is C14H30N2O2S2. The molecule has 2 N–H and O–H groups in total. The maximum atomic E-state index is 12.1. The molecule has 2 atom stereocenters. The summed E-state index contributed by atoms with van der Waals surface area (Å²) in [6, 6.07) is 0.156. The predicted molar refractivity (Wildman–Crippen MR) is 88.9 cm³/mol. The minimum absolute atomic E-state index is 0.156. The Morgan fingerprint density at radius 1 is 1.15 bits per heavy atom. The standard InChI is InChI=1S/C14H30N2O2S2/c1-3-10-15-11-5-6-12-20(17,18)16-13-8-7-9-14(13)19-4-2/h13-16H,3-12H2,1-2H3. The molecule has 0 aromatic heterocycles. The van der Waals surface area contributed by atoms with E-state index in [0.29, 0.717) is 5.25 Å². The van der Waals surface area contributed by atoms with Crippen LogP contribution >= 0.6 is 11.8 Å². The normalized spacial score (nSPS) is 23.3. The fourth-order valence-corrected chi connectivity index (χ4v) is 5.34. The van der Waals surface area contributed by atoms with Crippen molar-refractivity contribution < 1.29 is 8.42 Å². The van der Waals surface area contributed by atoms with Gasteiger partial charge in [0.1, 0.15) is 0 Å². The third-order valence-corrected chi connectivity index (χ3v) is 6.42. The third-order valence-electron chi connectivity index (χ3n) is 3.61. The summed E-state index contributed by atoms with van der Waals surface area (Å²) in [5, 5.41) is 3.77. The molecule has 6 heteroatoms. The molecule has 0 spiro atoms. The van der Waals surface area contributed by atoms with Crippen LogP contribution in [0.1, 0.15) is 52.4 Å². The lowest BCUT2D eigenvalue weighted by Gasteiger charge is -2.20. The van der Waals surface area contributed by atoms with Crippen LogP contribution in [0.25, 0.3) is 0 Å². The number of sulfonamides is 1. The van der Waals surface area contributed by atoms with Crippen molar-refractivity contribution in [3.63, 3.8) is 0 Å². The van der Waals surface area contributed by atoms with Gasteiger partial charge in [0.2, 0.25) is 10.0 Å². The molecule has 1 aliphatic carbocycles. The van der Waals surface area contributed by atoms with Crippen LogP contribution < -0.4 is 10.0 Å². The second-order valence-corrected chi connectivity index (χ2v) is 8.81. The van der Waals surface area contributed by atoms with E-state index in [1.807, 2.05) is 11.8 Å². The van der Waals surface area contributed by atoms with E-state index in [1.165, 1.54) is 0 Å². The Labute approximate surface area is 128 Å². The summed E-state index contributed by atoms with van der Waals surface area (Å²) >= 11 is 1.89. The van der Waals surface area contributed by atoms with Gasteiger partial charge in [-0.2, -0.15) is 11.8 Å². The van der Waals surface area contributed by atoms with E-state index in [-0.39, 0.29) is 11.8 Å². The zero-order valence-electron chi connectivity index (χ0n) is 12.9. The summed E-state index contributed by atoms with van der Waals surface area (Å²) < 4.78 is 27.1. The molecule has 1 saturated carbocycles. The molecule has 0 radical (unpaired) electrons. The summed E-state index contributed by atoms with van der Waals surface area (Å²) in [7, 11) is -3.10. The molecule has 1 rings (SSSR count). The molecule has 4 nitrogen and oxygen atoms in total. The van der Waals surface area contributed by atoms with Gasteiger partial charge >= 0.3 is 0 Å². The minimum Gasteiger partial charge on any atom is -0.317 e. The lowest BCUT2D eigenvalue weighted by atomic mass is 10.3. The van der Waals surface area contributed by atoms with Gasteiger partial charge in [-0.05, 0) is 50.9 Å². The quantitative estimate of drug-likeness (QED) is 0.573. The summed E-state index contributed by atoms with van der Waals surface area (Å²) in [5.41, 5.74) is 0. The van der Waals surface area contributed by atoms with E-state index in [1.54, 1.807) is 0 Å². The number of hydrogen-bond donors (Lipinski definition) is 2. The van der Waals surface area contributed by atoms with Gasteiger partial charge in [0.15, 0.2) is 0 Å². The highest BCUT2D eigenvalue weighted by Gasteiger charge is 2.30. The highest BCUT2D eigenvalue weighted by Crippen LogP contribution is 2.30. The Kier molecular flexibility index (Phi) is 9.16. The summed E-state index contributed by atoms with van der Waals surface area (Å²) in [4.78, 5) is 0. The average Bonchev–Trinajstić information content (AvgIpc) is 2.81. The van der Waals surface area contributed by atoms with Crippen LogP contribution in [-0.2, 0) is 10.0 Å². The van der Waals surface area contributed by atoms with E-state index < -0.39 is 10.0 Å². The van der Waals surface area contributed by atoms with Crippen molar-refractivity contribution in [2.45, 2.75) is 63.7 Å². The summed E-state index contributed by atoms with van der Waals surface area (Å²) in [6.45, 7) is 6.20. The van der Waals surface area contributed by atoms with Gasteiger partial charge < -0.3 is 5.32 Å². The van der Waals surface area contributed by atoms with E-state index in [2.05, 4.69) is 23.9 Å². The molecule has 2 unspecified atom stereocenters. The zero-order chi connectivity index (χ0) is 14.8. The molecule has 0 amide bonds. The lowest BCUT2D eigenvalue weighted by molar-refractivity contribution is 0.549. The van der Waals surface area contributed by atoms with Gasteiger partial charge in [-0.25, -0.2) is 13.1 Å². The van der Waals surface area contributed by atoms with Crippen LogP contribution in [0.5, 0.6) is 0 Å². The second kappa shape index (κ2) is 10.0. The average molecular weight is 323 g/mol. The zero-order valence-corrected chi connectivity index (χ0v) is 14.5. The summed E-state index contributed by atoms with van der Waals surface area (Å²) in [6.07, 6.45) is 6.08. The molecule has 1 aliphatic rings. The van der Waals surface area contributed by atoms with E-state index in [0.717, 1.165) is 57.4 Å². The van der Waals surface area contributed by atoms with Gasteiger partial charge in [-0.1, -0.05) is 20.3 Å².